The summed E-state index contributed by atoms with van der Waals surface area (Å²) in [7, 11) is 0. The molecule has 0 bridgehead atoms. The normalized spacial score (nSPS) is 16.9. The number of piperazine rings is 1. The van der Waals surface area contributed by atoms with Crippen molar-refractivity contribution in [1.29, 1.82) is 0 Å². The van der Waals surface area contributed by atoms with Crippen molar-refractivity contribution < 1.29 is 4.79 Å². The van der Waals surface area contributed by atoms with E-state index in [2.05, 4.69) is 68.1 Å². The molecule has 0 unspecified atom stereocenters. The highest BCUT2D eigenvalue weighted by molar-refractivity contribution is 6.11. The number of benzene rings is 2. The van der Waals surface area contributed by atoms with Crippen molar-refractivity contribution in [3.05, 3.63) is 59.3 Å². The molecule has 0 aromatic heterocycles. The monoisotopic (exact) mass is 405 g/mol. The maximum atomic E-state index is 13.1. The summed E-state index contributed by atoms with van der Waals surface area (Å²) >= 11 is 0. The fraction of sp³-hybridized carbons (Fsp3) is 0.462. The lowest BCUT2D eigenvalue weighted by Gasteiger charge is -2.37. The van der Waals surface area contributed by atoms with E-state index in [-0.39, 0.29) is 5.91 Å². The summed E-state index contributed by atoms with van der Waals surface area (Å²) in [5.74, 6) is 0.119. The molecule has 1 heterocycles. The van der Waals surface area contributed by atoms with Crippen LogP contribution in [0.1, 0.15) is 53.0 Å². The van der Waals surface area contributed by atoms with Crippen molar-refractivity contribution in [3.63, 3.8) is 0 Å². The van der Waals surface area contributed by atoms with Gasteiger partial charge in [-0.05, 0) is 44.9 Å². The third-order valence-corrected chi connectivity index (χ3v) is 6.09. The molecule has 0 saturated carbocycles. The van der Waals surface area contributed by atoms with Gasteiger partial charge in [0.15, 0.2) is 0 Å². The van der Waals surface area contributed by atoms with Crippen LogP contribution in [0.25, 0.3) is 10.8 Å². The van der Waals surface area contributed by atoms with Crippen molar-refractivity contribution >= 4 is 22.4 Å². The summed E-state index contributed by atoms with van der Waals surface area (Å²) < 4.78 is 0. The van der Waals surface area contributed by atoms with Crippen LogP contribution in [0.15, 0.2) is 58.7 Å². The van der Waals surface area contributed by atoms with Gasteiger partial charge in [-0.15, -0.1) is 0 Å². The van der Waals surface area contributed by atoms with E-state index in [4.69, 9.17) is 4.99 Å². The number of allylic oxidation sites excluding steroid dienone is 1. The van der Waals surface area contributed by atoms with Gasteiger partial charge < -0.3 is 4.90 Å². The molecule has 2 aromatic rings. The molecule has 1 amide bonds. The zero-order valence-electron chi connectivity index (χ0n) is 19.1. The molecule has 1 aliphatic heterocycles. The van der Waals surface area contributed by atoms with Gasteiger partial charge in [-0.1, -0.05) is 55.8 Å². The number of amides is 1. The Hall–Kier alpha value is -2.46. The van der Waals surface area contributed by atoms with Crippen molar-refractivity contribution in [2.45, 2.75) is 53.5 Å². The minimum atomic E-state index is 0.119. The molecule has 160 valence electrons. The lowest BCUT2D eigenvalue weighted by Crippen LogP contribution is -2.51. The highest BCUT2D eigenvalue weighted by Crippen LogP contribution is 2.22. The minimum absolute atomic E-state index is 0.119. The molecule has 1 aliphatic rings. The lowest BCUT2D eigenvalue weighted by molar-refractivity contribution is -0.129. The first kappa shape index (κ1) is 22.2. The van der Waals surface area contributed by atoms with Crippen LogP contribution in [0.5, 0.6) is 0 Å². The van der Waals surface area contributed by atoms with Crippen molar-refractivity contribution in [1.82, 2.24) is 9.80 Å². The Morgan fingerprint density at radius 1 is 1.00 bits per heavy atom. The van der Waals surface area contributed by atoms with E-state index in [9.17, 15) is 4.79 Å². The zero-order valence-corrected chi connectivity index (χ0v) is 19.1. The predicted molar refractivity (Wildman–Crippen MR) is 127 cm³/mol. The molecule has 0 atom stereocenters. The van der Waals surface area contributed by atoms with Gasteiger partial charge >= 0.3 is 0 Å². The highest BCUT2D eigenvalue weighted by atomic mass is 16.2. The number of carbonyl (C=O) groups is 1. The van der Waals surface area contributed by atoms with Crippen molar-refractivity contribution in [3.8, 4) is 0 Å². The van der Waals surface area contributed by atoms with E-state index < -0.39 is 0 Å². The molecule has 30 heavy (non-hydrogen) atoms. The summed E-state index contributed by atoms with van der Waals surface area (Å²) in [4.78, 5) is 22.5. The Morgan fingerprint density at radius 2 is 1.67 bits per heavy atom. The molecule has 3 rings (SSSR count). The Kier molecular flexibility index (Phi) is 7.43. The van der Waals surface area contributed by atoms with E-state index >= 15 is 0 Å². The first-order valence-electron chi connectivity index (χ1n) is 11.2. The van der Waals surface area contributed by atoms with E-state index in [0.717, 1.165) is 56.0 Å². The summed E-state index contributed by atoms with van der Waals surface area (Å²) in [5.41, 5.74) is 3.80. The van der Waals surface area contributed by atoms with Crippen LogP contribution >= 0.6 is 0 Å². The van der Waals surface area contributed by atoms with Crippen LogP contribution < -0.4 is 0 Å². The maximum Gasteiger partial charge on any atom is 0.251 e. The molecule has 0 radical (unpaired) electrons. The second-order valence-corrected chi connectivity index (χ2v) is 8.47. The van der Waals surface area contributed by atoms with E-state index in [1.807, 2.05) is 18.7 Å². The van der Waals surface area contributed by atoms with Crippen LogP contribution in [0, 0.1) is 0 Å². The third kappa shape index (κ3) is 4.99. The van der Waals surface area contributed by atoms with Crippen LogP contribution in [0.2, 0.25) is 0 Å². The standard InChI is InChI=1S/C26H35N3O/c1-6-10-25(24-14-9-12-22-11-7-8-13-23(22)24)27-21(5)20(4)26(30)29-17-15-28(16-18-29)19(2)3/h7-9,11-14,19H,6,10,15-18H2,1-5H3/b21-20+,27-25+. The Balaban J connectivity index is 1.87. The van der Waals surface area contributed by atoms with E-state index in [0.29, 0.717) is 6.04 Å². The quantitative estimate of drug-likeness (QED) is 0.484. The van der Waals surface area contributed by atoms with Gasteiger partial charge in [-0.3, -0.25) is 14.7 Å². The number of carbonyl (C=O) groups excluding carboxylic acids is 1. The molecule has 4 nitrogen and oxygen atoms in total. The summed E-state index contributed by atoms with van der Waals surface area (Å²) in [5, 5.41) is 2.44. The van der Waals surface area contributed by atoms with Gasteiger partial charge in [0.05, 0.1) is 0 Å². The van der Waals surface area contributed by atoms with Crippen LogP contribution in [0.4, 0.5) is 0 Å². The number of nitrogens with zero attached hydrogens (tertiary/aromatic N) is 3. The lowest BCUT2D eigenvalue weighted by atomic mass is 9.98. The molecule has 1 saturated heterocycles. The average Bonchev–Trinajstić information content (AvgIpc) is 2.77. The third-order valence-electron chi connectivity index (χ3n) is 6.09. The molecule has 0 N–H and O–H groups in total. The second kappa shape index (κ2) is 10.0. The molecule has 2 aromatic carbocycles. The molecular formula is C26H35N3O. The Labute approximate surface area is 181 Å². The summed E-state index contributed by atoms with van der Waals surface area (Å²) in [6.45, 7) is 13.9. The van der Waals surface area contributed by atoms with Gasteiger partial charge in [0, 0.05) is 54.8 Å². The van der Waals surface area contributed by atoms with E-state index in [1.165, 1.54) is 16.3 Å². The first-order valence-corrected chi connectivity index (χ1v) is 11.2. The Bertz CT molecular complexity index is 944. The van der Waals surface area contributed by atoms with Crippen LogP contribution in [-0.2, 0) is 4.79 Å². The molecule has 0 spiro atoms. The fourth-order valence-corrected chi connectivity index (χ4v) is 4.08. The van der Waals surface area contributed by atoms with E-state index in [1.54, 1.807) is 0 Å². The second-order valence-electron chi connectivity index (χ2n) is 8.47. The number of fused-ring (bicyclic) bond motifs is 1. The fourth-order valence-electron chi connectivity index (χ4n) is 4.08. The van der Waals surface area contributed by atoms with Crippen LogP contribution in [-0.4, -0.2) is 53.6 Å². The molecule has 4 heteroatoms. The first-order chi connectivity index (χ1) is 14.4. The maximum absolute atomic E-state index is 13.1. The van der Waals surface area contributed by atoms with Crippen molar-refractivity contribution in [2.75, 3.05) is 26.2 Å². The van der Waals surface area contributed by atoms with Crippen LogP contribution in [0.3, 0.4) is 0 Å². The van der Waals surface area contributed by atoms with Gasteiger partial charge in [-0.2, -0.15) is 0 Å². The van der Waals surface area contributed by atoms with Gasteiger partial charge in [-0.25, -0.2) is 0 Å². The van der Waals surface area contributed by atoms with Gasteiger partial charge in [0.25, 0.3) is 5.91 Å². The predicted octanol–water partition coefficient (Wildman–Crippen LogP) is 5.28. The Morgan fingerprint density at radius 3 is 2.33 bits per heavy atom. The molecular weight excluding hydrogens is 370 g/mol. The SMILES string of the molecule is CCC/C(=N\C(C)=C(/C)C(=O)N1CCN(C(C)C)CC1)c1cccc2ccccc12. The molecule has 1 fully saturated rings. The number of rotatable bonds is 6. The van der Waals surface area contributed by atoms with Gasteiger partial charge in [0.1, 0.15) is 0 Å². The summed E-state index contributed by atoms with van der Waals surface area (Å²) in [6, 6.07) is 15.3. The van der Waals surface area contributed by atoms with Gasteiger partial charge in [0.2, 0.25) is 0 Å². The smallest absolute Gasteiger partial charge is 0.251 e. The largest absolute Gasteiger partial charge is 0.336 e. The van der Waals surface area contributed by atoms with Crippen molar-refractivity contribution in [2.24, 2.45) is 4.99 Å². The zero-order chi connectivity index (χ0) is 21.7. The summed E-state index contributed by atoms with van der Waals surface area (Å²) in [6.07, 6.45) is 1.90. The number of hydrogen-bond acceptors (Lipinski definition) is 3. The molecule has 0 aliphatic carbocycles. The minimum Gasteiger partial charge on any atom is -0.336 e. The highest BCUT2D eigenvalue weighted by Gasteiger charge is 2.24. The average molecular weight is 406 g/mol. The number of hydrogen-bond donors (Lipinski definition) is 0. The number of aliphatic imine (C=N–C) groups is 1. The topological polar surface area (TPSA) is 35.9 Å².